The number of sulfonamides is 1. The summed E-state index contributed by atoms with van der Waals surface area (Å²) >= 11 is 1.42. The van der Waals surface area contributed by atoms with Crippen molar-refractivity contribution in [1.29, 1.82) is 0 Å². The van der Waals surface area contributed by atoms with E-state index in [4.69, 9.17) is 4.42 Å². The zero-order valence-electron chi connectivity index (χ0n) is 14.4. The summed E-state index contributed by atoms with van der Waals surface area (Å²) in [6.07, 6.45) is 5.00. The van der Waals surface area contributed by atoms with Crippen LogP contribution in [0.5, 0.6) is 0 Å². The van der Waals surface area contributed by atoms with Crippen LogP contribution in [0.4, 0.5) is 5.13 Å². The molecule has 1 aliphatic rings. The monoisotopic (exact) mass is 402 g/mol. The number of furan rings is 1. The molecule has 7 nitrogen and oxygen atoms in total. The Morgan fingerprint density at radius 2 is 1.96 bits per heavy atom. The zero-order valence-corrected chi connectivity index (χ0v) is 16.0. The Balaban J connectivity index is 1.45. The molecule has 0 saturated carbocycles. The molecule has 0 aliphatic carbocycles. The number of thiazole rings is 1. The Kier molecular flexibility index (Phi) is 5.06. The first-order valence-corrected chi connectivity index (χ1v) is 10.8. The van der Waals surface area contributed by atoms with E-state index in [0.717, 1.165) is 24.1 Å². The van der Waals surface area contributed by atoms with Gasteiger partial charge in [0.1, 0.15) is 5.76 Å². The molecule has 2 aromatic heterocycles. The fraction of sp³-hybridized carbons (Fsp3) is 0.222. The highest BCUT2D eigenvalue weighted by Crippen LogP contribution is 2.27. The Hall–Kier alpha value is -2.49. The van der Waals surface area contributed by atoms with Gasteiger partial charge in [0.15, 0.2) is 0 Å². The minimum atomic E-state index is -3.39. The van der Waals surface area contributed by atoms with Gasteiger partial charge in [-0.1, -0.05) is 12.1 Å². The molecule has 1 aliphatic heterocycles. The number of hydrogen-bond donors (Lipinski definition) is 1. The Morgan fingerprint density at radius 1 is 1.19 bits per heavy atom. The highest BCUT2D eigenvalue weighted by molar-refractivity contribution is 7.89. The highest BCUT2D eigenvalue weighted by Gasteiger charge is 2.26. The number of nitrogens with zero attached hydrogens (tertiary/aromatic N) is 3. The maximum atomic E-state index is 12.6. The van der Waals surface area contributed by atoms with Crippen LogP contribution in [0, 0.1) is 0 Å². The van der Waals surface area contributed by atoms with E-state index in [-0.39, 0.29) is 0 Å². The Labute approximate surface area is 161 Å². The molecule has 1 N–H and O–H groups in total. The van der Waals surface area contributed by atoms with Crippen LogP contribution in [-0.4, -0.2) is 37.0 Å². The van der Waals surface area contributed by atoms with Crippen LogP contribution in [0.2, 0.25) is 0 Å². The van der Waals surface area contributed by atoms with Crippen LogP contribution < -0.4 is 5.43 Å². The van der Waals surface area contributed by atoms with Crippen molar-refractivity contribution in [2.75, 3.05) is 18.5 Å². The van der Waals surface area contributed by atoms with E-state index >= 15 is 0 Å². The summed E-state index contributed by atoms with van der Waals surface area (Å²) in [5.74, 6) is 0.647. The summed E-state index contributed by atoms with van der Waals surface area (Å²) in [6.45, 7) is 1.20. The van der Waals surface area contributed by atoms with Gasteiger partial charge >= 0.3 is 0 Å². The van der Waals surface area contributed by atoms with Crippen molar-refractivity contribution in [2.45, 2.75) is 17.7 Å². The summed E-state index contributed by atoms with van der Waals surface area (Å²) in [6, 6.07) is 10.4. The van der Waals surface area contributed by atoms with Crippen molar-refractivity contribution in [1.82, 2.24) is 9.29 Å². The van der Waals surface area contributed by atoms with Crippen LogP contribution in [0.25, 0.3) is 11.3 Å². The maximum absolute atomic E-state index is 12.6. The molecule has 0 amide bonds. The van der Waals surface area contributed by atoms with Gasteiger partial charge in [-0.25, -0.2) is 13.4 Å². The molecule has 1 fully saturated rings. The smallest absolute Gasteiger partial charge is 0.243 e. The molecule has 27 heavy (non-hydrogen) atoms. The van der Waals surface area contributed by atoms with Crippen LogP contribution in [0.15, 0.2) is 62.5 Å². The molecule has 9 heteroatoms. The topological polar surface area (TPSA) is 87.8 Å². The first-order valence-electron chi connectivity index (χ1n) is 8.52. The van der Waals surface area contributed by atoms with Gasteiger partial charge < -0.3 is 4.42 Å². The highest BCUT2D eigenvalue weighted by atomic mass is 32.2. The molecule has 4 rings (SSSR count). The summed E-state index contributed by atoms with van der Waals surface area (Å²) in [5, 5.41) is 6.61. The van der Waals surface area contributed by atoms with Gasteiger partial charge in [0, 0.05) is 24.0 Å². The lowest BCUT2D eigenvalue weighted by Crippen LogP contribution is -2.27. The SMILES string of the molecule is O=S(=O)(c1ccc(-c2csc(N/N=C\c3ccco3)n2)cc1)N1CCCC1. The number of anilines is 1. The van der Waals surface area contributed by atoms with Crippen molar-refractivity contribution in [2.24, 2.45) is 5.10 Å². The van der Waals surface area contributed by atoms with E-state index in [1.54, 1.807) is 53.2 Å². The van der Waals surface area contributed by atoms with E-state index in [9.17, 15) is 8.42 Å². The first-order chi connectivity index (χ1) is 13.1. The molecule has 140 valence electrons. The van der Waals surface area contributed by atoms with Crippen molar-refractivity contribution in [3.05, 3.63) is 53.8 Å². The third-order valence-corrected chi connectivity index (χ3v) is 6.91. The first kappa shape index (κ1) is 17.9. The molecule has 0 spiro atoms. The minimum absolute atomic E-state index is 0.324. The van der Waals surface area contributed by atoms with Gasteiger partial charge in [-0.05, 0) is 37.1 Å². The molecule has 3 heterocycles. The Bertz CT molecular complexity index is 1020. The van der Waals surface area contributed by atoms with Gasteiger partial charge in [-0.2, -0.15) is 9.41 Å². The molecule has 1 aromatic carbocycles. The second kappa shape index (κ2) is 7.63. The van der Waals surface area contributed by atoms with E-state index < -0.39 is 10.0 Å². The number of rotatable bonds is 6. The van der Waals surface area contributed by atoms with Crippen LogP contribution in [-0.2, 0) is 10.0 Å². The maximum Gasteiger partial charge on any atom is 0.243 e. The van der Waals surface area contributed by atoms with Crippen molar-refractivity contribution in [3.63, 3.8) is 0 Å². The molecule has 0 atom stereocenters. The minimum Gasteiger partial charge on any atom is -0.463 e. The molecular weight excluding hydrogens is 384 g/mol. The standard InChI is InChI=1S/C18H18N4O3S2/c23-27(24,22-9-1-2-10-22)16-7-5-14(6-8-16)17-13-26-18(20-17)21-19-12-15-4-3-11-25-15/h3-8,11-13H,1-2,9-10H2,(H,20,21)/b19-12-. The third-order valence-electron chi connectivity index (χ3n) is 4.25. The summed E-state index contributed by atoms with van der Waals surface area (Å²) in [4.78, 5) is 4.80. The lowest BCUT2D eigenvalue weighted by atomic mass is 10.2. The largest absolute Gasteiger partial charge is 0.463 e. The quantitative estimate of drug-likeness (QED) is 0.502. The molecule has 1 saturated heterocycles. The van der Waals surface area contributed by atoms with E-state index in [1.165, 1.54) is 11.3 Å². The van der Waals surface area contributed by atoms with Crippen molar-refractivity contribution in [3.8, 4) is 11.3 Å². The average Bonchev–Trinajstić information content (AvgIpc) is 3.44. The average molecular weight is 403 g/mol. The third kappa shape index (κ3) is 3.95. The van der Waals surface area contributed by atoms with Crippen molar-refractivity contribution >= 4 is 32.7 Å². The molecule has 0 radical (unpaired) electrons. The van der Waals surface area contributed by atoms with E-state index in [1.807, 2.05) is 5.38 Å². The Morgan fingerprint density at radius 3 is 2.67 bits per heavy atom. The van der Waals surface area contributed by atoms with Gasteiger partial charge in [-0.3, -0.25) is 5.43 Å². The molecule has 0 bridgehead atoms. The lowest BCUT2D eigenvalue weighted by Gasteiger charge is -2.15. The van der Waals surface area contributed by atoms with E-state index in [2.05, 4.69) is 15.5 Å². The number of hydrogen-bond acceptors (Lipinski definition) is 7. The van der Waals surface area contributed by atoms with Gasteiger partial charge in [0.2, 0.25) is 15.2 Å². The predicted molar refractivity (Wildman–Crippen MR) is 105 cm³/mol. The van der Waals surface area contributed by atoms with Gasteiger partial charge in [-0.15, -0.1) is 11.3 Å². The van der Waals surface area contributed by atoms with Crippen LogP contribution >= 0.6 is 11.3 Å². The van der Waals surface area contributed by atoms with E-state index in [0.29, 0.717) is 28.9 Å². The van der Waals surface area contributed by atoms with Gasteiger partial charge in [0.05, 0.1) is 23.1 Å². The summed E-state index contributed by atoms with van der Waals surface area (Å²) < 4.78 is 31.9. The van der Waals surface area contributed by atoms with Crippen LogP contribution in [0.1, 0.15) is 18.6 Å². The fourth-order valence-corrected chi connectivity index (χ4v) is 5.03. The zero-order chi connectivity index (χ0) is 18.7. The molecule has 3 aromatic rings. The second-order valence-corrected chi connectivity index (χ2v) is 8.85. The molecular formula is C18H18N4O3S2. The van der Waals surface area contributed by atoms with Crippen LogP contribution in [0.3, 0.4) is 0 Å². The normalized spacial score (nSPS) is 15.6. The number of benzene rings is 1. The summed E-state index contributed by atoms with van der Waals surface area (Å²) in [7, 11) is -3.39. The van der Waals surface area contributed by atoms with Crippen molar-refractivity contribution < 1.29 is 12.8 Å². The lowest BCUT2D eigenvalue weighted by molar-refractivity contribution is 0.477. The predicted octanol–water partition coefficient (Wildman–Crippen LogP) is 3.63. The number of nitrogens with one attached hydrogen (secondary N) is 1. The number of aromatic nitrogens is 1. The molecule has 0 unspecified atom stereocenters. The fourth-order valence-electron chi connectivity index (χ4n) is 2.85. The summed E-state index contributed by atoms with van der Waals surface area (Å²) in [5.41, 5.74) is 4.48. The van der Waals surface area contributed by atoms with Gasteiger partial charge in [0.25, 0.3) is 0 Å². The number of hydrazone groups is 1. The second-order valence-electron chi connectivity index (χ2n) is 6.06.